The number of benzene rings is 1. The molecule has 5 heteroatoms. The van der Waals surface area contributed by atoms with E-state index in [2.05, 4.69) is 16.7 Å². The fraction of sp³-hybridized carbons (Fsp3) is 0.471. The van der Waals surface area contributed by atoms with Crippen LogP contribution in [-0.2, 0) is 4.79 Å². The van der Waals surface area contributed by atoms with Gasteiger partial charge >= 0.3 is 0 Å². The van der Waals surface area contributed by atoms with Gasteiger partial charge in [0.1, 0.15) is 11.6 Å². The molecule has 0 bridgehead atoms. The van der Waals surface area contributed by atoms with E-state index in [1.807, 2.05) is 0 Å². The van der Waals surface area contributed by atoms with Gasteiger partial charge in [-0.25, -0.2) is 8.78 Å². The van der Waals surface area contributed by atoms with Crippen LogP contribution < -0.4 is 10.6 Å². The summed E-state index contributed by atoms with van der Waals surface area (Å²) in [6.45, 7) is 1.39. The number of rotatable bonds is 7. The molecule has 1 aliphatic carbocycles. The Labute approximate surface area is 129 Å². The Hall–Kier alpha value is -1.75. The zero-order valence-electron chi connectivity index (χ0n) is 12.6. The highest BCUT2D eigenvalue weighted by molar-refractivity contribution is 5.90. The van der Waals surface area contributed by atoms with Crippen molar-refractivity contribution in [2.24, 2.45) is 0 Å². The minimum absolute atomic E-state index is 0.0127. The quantitative estimate of drug-likeness (QED) is 0.594. The van der Waals surface area contributed by atoms with Crippen molar-refractivity contribution < 1.29 is 13.6 Å². The van der Waals surface area contributed by atoms with Gasteiger partial charge in [0.05, 0.1) is 5.69 Å². The predicted molar refractivity (Wildman–Crippen MR) is 83.6 cm³/mol. The second-order valence-electron chi connectivity index (χ2n) is 5.53. The molecule has 0 radical (unpaired) electrons. The van der Waals surface area contributed by atoms with Crippen molar-refractivity contribution in [3.8, 4) is 0 Å². The van der Waals surface area contributed by atoms with Gasteiger partial charge in [0.25, 0.3) is 0 Å². The third-order valence-electron chi connectivity index (χ3n) is 3.74. The number of halogens is 2. The number of carbonyl (C=O) groups is 1. The summed E-state index contributed by atoms with van der Waals surface area (Å²) >= 11 is 0. The number of hydrogen-bond donors (Lipinski definition) is 2. The Kier molecular flexibility index (Phi) is 6.52. The van der Waals surface area contributed by atoms with Crippen LogP contribution in [0, 0.1) is 11.6 Å². The highest BCUT2D eigenvalue weighted by Crippen LogP contribution is 2.19. The SMILES string of the molecule is O=C(CCNCCC1=CCCCC1)Nc1ccc(F)cc1F. The molecule has 0 saturated heterocycles. The summed E-state index contributed by atoms with van der Waals surface area (Å²) < 4.78 is 26.1. The van der Waals surface area contributed by atoms with Crippen molar-refractivity contribution >= 4 is 11.6 Å². The van der Waals surface area contributed by atoms with Crippen molar-refractivity contribution in [2.75, 3.05) is 18.4 Å². The summed E-state index contributed by atoms with van der Waals surface area (Å²) in [4.78, 5) is 11.7. The molecule has 0 fully saturated rings. The van der Waals surface area contributed by atoms with E-state index in [9.17, 15) is 13.6 Å². The molecule has 0 spiro atoms. The molecule has 0 aromatic heterocycles. The number of carbonyl (C=O) groups excluding carboxylic acids is 1. The molecule has 120 valence electrons. The van der Waals surface area contributed by atoms with E-state index in [-0.39, 0.29) is 18.0 Å². The lowest BCUT2D eigenvalue weighted by atomic mass is 9.97. The fourth-order valence-corrected chi connectivity index (χ4v) is 2.51. The van der Waals surface area contributed by atoms with Crippen LogP contribution in [0.3, 0.4) is 0 Å². The minimum atomic E-state index is -0.759. The maximum atomic E-state index is 13.4. The van der Waals surface area contributed by atoms with Crippen molar-refractivity contribution in [1.29, 1.82) is 0 Å². The lowest BCUT2D eigenvalue weighted by Crippen LogP contribution is -2.23. The smallest absolute Gasteiger partial charge is 0.225 e. The monoisotopic (exact) mass is 308 g/mol. The molecule has 1 aromatic rings. The number of allylic oxidation sites excluding steroid dienone is 1. The van der Waals surface area contributed by atoms with Crippen LogP contribution in [0.4, 0.5) is 14.5 Å². The van der Waals surface area contributed by atoms with Gasteiger partial charge in [0.2, 0.25) is 5.91 Å². The molecule has 3 nitrogen and oxygen atoms in total. The average molecular weight is 308 g/mol. The standard InChI is InChI=1S/C17H22F2N2O/c18-14-6-7-16(15(19)12-14)21-17(22)9-11-20-10-8-13-4-2-1-3-5-13/h4,6-7,12,20H,1-3,5,8-11H2,(H,21,22). The first-order valence-corrected chi connectivity index (χ1v) is 7.78. The Balaban J connectivity index is 1.62. The van der Waals surface area contributed by atoms with Crippen LogP contribution in [0.5, 0.6) is 0 Å². The molecule has 0 aliphatic heterocycles. The van der Waals surface area contributed by atoms with Crippen LogP contribution in [0.2, 0.25) is 0 Å². The van der Waals surface area contributed by atoms with Crippen LogP contribution >= 0.6 is 0 Å². The van der Waals surface area contributed by atoms with E-state index in [4.69, 9.17) is 0 Å². The third kappa shape index (κ3) is 5.56. The van der Waals surface area contributed by atoms with E-state index < -0.39 is 11.6 Å². The summed E-state index contributed by atoms with van der Waals surface area (Å²) in [6, 6.07) is 3.10. The van der Waals surface area contributed by atoms with E-state index in [0.29, 0.717) is 6.54 Å². The van der Waals surface area contributed by atoms with Gasteiger partial charge in [-0.1, -0.05) is 11.6 Å². The molecule has 22 heavy (non-hydrogen) atoms. The van der Waals surface area contributed by atoms with E-state index >= 15 is 0 Å². The van der Waals surface area contributed by atoms with Crippen LogP contribution in [0.1, 0.15) is 38.5 Å². The van der Waals surface area contributed by atoms with Crippen molar-refractivity contribution in [3.05, 3.63) is 41.5 Å². The summed E-state index contributed by atoms with van der Waals surface area (Å²) in [6.07, 6.45) is 8.53. The molecule has 1 aromatic carbocycles. The molecule has 2 rings (SSSR count). The first-order valence-electron chi connectivity index (χ1n) is 7.78. The Morgan fingerprint density at radius 1 is 1.18 bits per heavy atom. The second-order valence-corrected chi connectivity index (χ2v) is 5.53. The predicted octanol–water partition coefficient (Wildman–Crippen LogP) is 3.77. The van der Waals surface area contributed by atoms with Crippen molar-refractivity contribution in [1.82, 2.24) is 5.32 Å². The molecule has 0 unspecified atom stereocenters. The molecule has 0 heterocycles. The van der Waals surface area contributed by atoms with E-state index in [1.165, 1.54) is 37.3 Å². The highest BCUT2D eigenvalue weighted by Gasteiger charge is 2.08. The zero-order valence-corrected chi connectivity index (χ0v) is 12.6. The van der Waals surface area contributed by atoms with Gasteiger partial charge in [-0.3, -0.25) is 4.79 Å². The number of anilines is 1. The first kappa shape index (κ1) is 16.6. The van der Waals surface area contributed by atoms with Gasteiger partial charge < -0.3 is 10.6 Å². The summed E-state index contributed by atoms with van der Waals surface area (Å²) in [5.41, 5.74) is 1.51. The highest BCUT2D eigenvalue weighted by atomic mass is 19.1. The van der Waals surface area contributed by atoms with Gasteiger partial charge in [-0.15, -0.1) is 0 Å². The molecule has 0 saturated carbocycles. The molecule has 1 aliphatic rings. The van der Waals surface area contributed by atoms with Crippen LogP contribution in [0.15, 0.2) is 29.8 Å². The molecular formula is C17H22F2N2O. The molecule has 1 amide bonds. The molecule has 0 atom stereocenters. The lowest BCUT2D eigenvalue weighted by molar-refractivity contribution is -0.116. The maximum Gasteiger partial charge on any atom is 0.225 e. The Bertz CT molecular complexity index is 543. The number of nitrogens with one attached hydrogen (secondary N) is 2. The summed E-state index contributed by atoms with van der Waals surface area (Å²) in [5.74, 6) is -1.70. The average Bonchev–Trinajstić information content (AvgIpc) is 2.51. The first-order chi connectivity index (χ1) is 10.6. The summed E-state index contributed by atoms with van der Waals surface area (Å²) in [7, 11) is 0. The van der Waals surface area contributed by atoms with E-state index in [1.54, 1.807) is 0 Å². The molecular weight excluding hydrogens is 286 g/mol. The number of amides is 1. The Morgan fingerprint density at radius 2 is 2.05 bits per heavy atom. The van der Waals surface area contributed by atoms with E-state index in [0.717, 1.165) is 25.1 Å². The van der Waals surface area contributed by atoms with Crippen molar-refractivity contribution in [2.45, 2.75) is 38.5 Å². The van der Waals surface area contributed by atoms with Crippen LogP contribution in [-0.4, -0.2) is 19.0 Å². The second kappa shape index (κ2) is 8.63. The zero-order chi connectivity index (χ0) is 15.8. The van der Waals surface area contributed by atoms with Gasteiger partial charge in [-0.05, 0) is 50.8 Å². The van der Waals surface area contributed by atoms with Gasteiger partial charge in [-0.2, -0.15) is 0 Å². The lowest BCUT2D eigenvalue weighted by Gasteiger charge is -2.13. The minimum Gasteiger partial charge on any atom is -0.324 e. The van der Waals surface area contributed by atoms with Crippen LogP contribution in [0.25, 0.3) is 0 Å². The van der Waals surface area contributed by atoms with Crippen molar-refractivity contribution in [3.63, 3.8) is 0 Å². The molecule has 2 N–H and O–H groups in total. The number of hydrogen-bond acceptors (Lipinski definition) is 2. The largest absolute Gasteiger partial charge is 0.324 e. The maximum absolute atomic E-state index is 13.4. The summed E-state index contributed by atoms with van der Waals surface area (Å²) in [5, 5.41) is 5.66. The topological polar surface area (TPSA) is 41.1 Å². The fourth-order valence-electron chi connectivity index (χ4n) is 2.51. The Morgan fingerprint density at radius 3 is 2.77 bits per heavy atom. The third-order valence-corrected chi connectivity index (χ3v) is 3.74. The van der Waals surface area contributed by atoms with Gasteiger partial charge in [0, 0.05) is 19.0 Å². The normalized spacial score (nSPS) is 14.5. The van der Waals surface area contributed by atoms with Gasteiger partial charge in [0.15, 0.2) is 0 Å².